The number of nitrogens with zero attached hydrogens (tertiary/aromatic N) is 3. The number of aromatic nitrogens is 3. The van der Waals surface area contributed by atoms with Gasteiger partial charge < -0.3 is 15.0 Å². The van der Waals surface area contributed by atoms with Crippen LogP contribution in [0.3, 0.4) is 0 Å². The van der Waals surface area contributed by atoms with Crippen molar-refractivity contribution in [1.29, 1.82) is 0 Å². The van der Waals surface area contributed by atoms with Gasteiger partial charge >= 0.3 is 11.8 Å². The Hall–Kier alpha value is -3.62. The Morgan fingerprint density at radius 3 is 2.67 bits per heavy atom. The summed E-state index contributed by atoms with van der Waals surface area (Å²) in [5.74, 6) is -0.168. The number of ether oxygens (including phenoxy) is 1. The molecular weight excluding hydrogens is 386 g/mol. The van der Waals surface area contributed by atoms with Gasteiger partial charge in [-0.3, -0.25) is 14.3 Å². The largest absolute Gasteiger partial charge is 0.445 e. The number of fused-ring (bicyclic) bond motifs is 1. The number of likely N-dealkylation sites (tertiary alicyclic amines) is 1. The molecule has 0 saturated carbocycles. The van der Waals surface area contributed by atoms with Crippen molar-refractivity contribution < 1.29 is 14.3 Å². The molecule has 0 radical (unpaired) electrons. The molecule has 3 heterocycles. The Morgan fingerprint density at radius 1 is 1.13 bits per heavy atom. The van der Waals surface area contributed by atoms with Crippen molar-refractivity contribution in [3.05, 3.63) is 64.7 Å². The summed E-state index contributed by atoms with van der Waals surface area (Å²) in [7, 11) is 0. The number of carbonyl (C=O) groups excluding carboxylic acids is 2. The number of rotatable bonds is 5. The number of H-pyrrole nitrogens is 1. The van der Waals surface area contributed by atoms with Crippen molar-refractivity contribution in [3.8, 4) is 0 Å². The summed E-state index contributed by atoms with van der Waals surface area (Å²) in [5, 5.41) is 2.50. The van der Waals surface area contributed by atoms with E-state index in [0.29, 0.717) is 31.6 Å². The van der Waals surface area contributed by atoms with Crippen LogP contribution in [-0.2, 0) is 16.1 Å². The molecule has 0 atom stereocenters. The fourth-order valence-corrected chi connectivity index (χ4v) is 3.73. The van der Waals surface area contributed by atoms with E-state index >= 15 is 0 Å². The minimum atomic E-state index is -0.625. The minimum Gasteiger partial charge on any atom is -0.445 e. The molecule has 0 aliphatic carbocycles. The molecule has 2 aromatic heterocycles. The van der Waals surface area contributed by atoms with Crippen LogP contribution in [0, 0.1) is 0 Å². The Morgan fingerprint density at radius 2 is 1.90 bits per heavy atom. The number of hydrogen-bond donors (Lipinski definition) is 2. The SMILES string of the molecule is O=C(NCC(=O)N1CCC(n2c(=O)[nH]c3ncccc32)CC1)OCc1ccccc1. The van der Waals surface area contributed by atoms with Crippen LogP contribution >= 0.6 is 0 Å². The lowest BCUT2D eigenvalue weighted by molar-refractivity contribution is -0.131. The number of pyridine rings is 1. The molecule has 3 aromatic rings. The van der Waals surface area contributed by atoms with Crippen LogP contribution in [0.5, 0.6) is 0 Å². The van der Waals surface area contributed by atoms with Gasteiger partial charge in [-0.1, -0.05) is 30.3 Å². The van der Waals surface area contributed by atoms with E-state index in [1.807, 2.05) is 36.4 Å². The Kier molecular flexibility index (Phi) is 5.78. The molecule has 30 heavy (non-hydrogen) atoms. The molecule has 0 bridgehead atoms. The lowest BCUT2D eigenvalue weighted by atomic mass is 10.0. The van der Waals surface area contributed by atoms with Gasteiger partial charge in [0.25, 0.3) is 0 Å². The van der Waals surface area contributed by atoms with E-state index in [1.165, 1.54) is 0 Å². The first-order valence-electron chi connectivity index (χ1n) is 9.89. The van der Waals surface area contributed by atoms with Crippen molar-refractivity contribution in [2.45, 2.75) is 25.5 Å². The number of aromatic amines is 1. The second-order valence-electron chi connectivity index (χ2n) is 7.20. The molecule has 2 amide bonds. The molecule has 0 unspecified atom stereocenters. The molecule has 1 aromatic carbocycles. The third-order valence-electron chi connectivity index (χ3n) is 5.27. The molecule has 2 N–H and O–H groups in total. The van der Waals surface area contributed by atoms with Crippen molar-refractivity contribution in [1.82, 2.24) is 24.8 Å². The number of nitrogens with one attached hydrogen (secondary N) is 2. The molecule has 9 heteroatoms. The van der Waals surface area contributed by atoms with Crippen LogP contribution in [0.1, 0.15) is 24.4 Å². The molecule has 9 nitrogen and oxygen atoms in total. The summed E-state index contributed by atoms with van der Waals surface area (Å²) < 4.78 is 6.84. The van der Waals surface area contributed by atoms with Gasteiger partial charge in [0.1, 0.15) is 13.2 Å². The quantitative estimate of drug-likeness (QED) is 0.668. The van der Waals surface area contributed by atoms with Gasteiger partial charge in [-0.25, -0.2) is 14.6 Å². The standard InChI is InChI=1S/C21H23N5O4/c27-18(13-23-21(29)30-14-15-5-2-1-3-6-15)25-11-8-16(9-12-25)26-17-7-4-10-22-19(17)24-20(26)28/h1-7,10,16H,8-9,11-14H2,(H,23,29)(H,22,24,28). The van der Waals surface area contributed by atoms with Gasteiger partial charge in [0.05, 0.1) is 5.52 Å². The molecule has 1 saturated heterocycles. The van der Waals surface area contributed by atoms with Crippen molar-refractivity contribution >= 4 is 23.2 Å². The highest BCUT2D eigenvalue weighted by atomic mass is 16.5. The summed E-state index contributed by atoms with van der Waals surface area (Å²) in [4.78, 5) is 45.2. The van der Waals surface area contributed by atoms with E-state index in [1.54, 1.807) is 21.7 Å². The van der Waals surface area contributed by atoms with Gasteiger partial charge in [-0.2, -0.15) is 0 Å². The van der Waals surface area contributed by atoms with Crippen molar-refractivity contribution in [3.63, 3.8) is 0 Å². The molecular formula is C21H23N5O4. The molecule has 1 aliphatic rings. The maximum Gasteiger partial charge on any atom is 0.407 e. The normalized spacial score (nSPS) is 14.6. The monoisotopic (exact) mass is 409 g/mol. The van der Waals surface area contributed by atoms with Gasteiger partial charge in [-0.15, -0.1) is 0 Å². The third kappa shape index (κ3) is 4.35. The Balaban J connectivity index is 1.26. The molecule has 1 fully saturated rings. The summed E-state index contributed by atoms with van der Waals surface area (Å²) in [5.41, 5.74) is 2.04. The number of alkyl carbamates (subject to hydrolysis) is 1. The van der Waals surface area contributed by atoms with E-state index in [2.05, 4.69) is 15.3 Å². The van der Waals surface area contributed by atoms with Crippen molar-refractivity contribution in [2.75, 3.05) is 19.6 Å². The second kappa shape index (κ2) is 8.81. The second-order valence-corrected chi connectivity index (χ2v) is 7.20. The van der Waals surface area contributed by atoms with Crippen LogP contribution in [0.4, 0.5) is 4.79 Å². The fourth-order valence-electron chi connectivity index (χ4n) is 3.73. The first-order valence-corrected chi connectivity index (χ1v) is 9.89. The topological polar surface area (TPSA) is 109 Å². The zero-order valence-corrected chi connectivity index (χ0v) is 16.4. The highest BCUT2D eigenvalue weighted by Crippen LogP contribution is 2.24. The maximum atomic E-state index is 12.4. The van der Waals surface area contributed by atoms with E-state index in [4.69, 9.17) is 4.74 Å². The van der Waals surface area contributed by atoms with Crippen molar-refractivity contribution in [2.24, 2.45) is 0 Å². The van der Waals surface area contributed by atoms with Gasteiger partial charge in [0.15, 0.2) is 5.65 Å². The minimum absolute atomic E-state index is 0.00305. The first-order chi connectivity index (χ1) is 14.6. The van der Waals surface area contributed by atoms with E-state index < -0.39 is 6.09 Å². The molecule has 156 valence electrons. The van der Waals surface area contributed by atoms with Crippen LogP contribution in [0.25, 0.3) is 11.2 Å². The summed E-state index contributed by atoms with van der Waals surface area (Å²) in [6.07, 6.45) is 2.33. The zero-order chi connectivity index (χ0) is 20.9. The number of imidazole rings is 1. The average Bonchev–Trinajstić information content (AvgIpc) is 3.12. The predicted octanol–water partition coefficient (Wildman–Crippen LogP) is 1.81. The number of carbonyl (C=O) groups is 2. The van der Waals surface area contributed by atoms with Crippen LogP contribution < -0.4 is 11.0 Å². The van der Waals surface area contributed by atoms with Crippen LogP contribution in [0.2, 0.25) is 0 Å². The van der Waals surface area contributed by atoms with Gasteiger partial charge in [0.2, 0.25) is 5.91 Å². The Bertz CT molecular complexity index is 1080. The highest BCUT2D eigenvalue weighted by Gasteiger charge is 2.26. The van der Waals surface area contributed by atoms with Gasteiger partial charge in [-0.05, 0) is 30.5 Å². The summed E-state index contributed by atoms with van der Waals surface area (Å²) >= 11 is 0. The Labute approximate surface area is 172 Å². The lowest BCUT2D eigenvalue weighted by Gasteiger charge is -2.32. The molecule has 1 aliphatic heterocycles. The van der Waals surface area contributed by atoms with Crippen LogP contribution in [-0.4, -0.2) is 51.1 Å². The summed E-state index contributed by atoms with van der Waals surface area (Å²) in [6.45, 7) is 1.07. The van der Waals surface area contributed by atoms with E-state index in [0.717, 1.165) is 11.1 Å². The average molecular weight is 409 g/mol. The zero-order valence-electron chi connectivity index (χ0n) is 16.4. The number of amides is 2. The number of benzene rings is 1. The smallest absolute Gasteiger partial charge is 0.407 e. The first kappa shape index (κ1) is 19.7. The third-order valence-corrected chi connectivity index (χ3v) is 5.27. The van der Waals surface area contributed by atoms with E-state index in [-0.39, 0.29) is 30.8 Å². The molecule has 0 spiro atoms. The fraction of sp³-hybridized carbons (Fsp3) is 0.333. The van der Waals surface area contributed by atoms with Crippen LogP contribution in [0.15, 0.2) is 53.5 Å². The number of hydrogen-bond acceptors (Lipinski definition) is 5. The predicted molar refractivity (Wildman–Crippen MR) is 110 cm³/mol. The summed E-state index contributed by atoms with van der Waals surface area (Å²) in [6, 6.07) is 13.0. The highest BCUT2D eigenvalue weighted by molar-refractivity contribution is 5.82. The number of piperidine rings is 1. The molecule has 4 rings (SSSR count). The lowest BCUT2D eigenvalue weighted by Crippen LogP contribution is -2.45. The maximum absolute atomic E-state index is 12.4. The van der Waals surface area contributed by atoms with Gasteiger partial charge in [0, 0.05) is 25.3 Å². The van der Waals surface area contributed by atoms with E-state index in [9.17, 15) is 14.4 Å².